The van der Waals surface area contributed by atoms with Gasteiger partial charge in [-0.1, -0.05) is 12.1 Å². The summed E-state index contributed by atoms with van der Waals surface area (Å²) in [5.41, 5.74) is 0.276. The topological polar surface area (TPSA) is 53.8 Å². The molecule has 1 aromatic carbocycles. The van der Waals surface area contributed by atoms with Gasteiger partial charge in [-0.2, -0.15) is 13.2 Å². The van der Waals surface area contributed by atoms with Crippen molar-refractivity contribution in [3.63, 3.8) is 0 Å². The lowest BCUT2D eigenvalue weighted by molar-refractivity contribution is -0.137. The fraction of sp³-hybridized carbons (Fsp3) is 0.294. The van der Waals surface area contributed by atoms with Crippen LogP contribution < -0.4 is 0 Å². The van der Waals surface area contributed by atoms with Crippen LogP contribution >= 0.6 is 0 Å². The summed E-state index contributed by atoms with van der Waals surface area (Å²) in [4.78, 5) is 8.84. The van der Waals surface area contributed by atoms with Gasteiger partial charge in [-0.25, -0.2) is 9.97 Å². The van der Waals surface area contributed by atoms with Gasteiger partial charge in [-0.15, -0.1) is 0 Å². The highest BCUT2D eigenvalue weighted by molar-refractivity contribution is 7.92. The summed E-state index contributed by atoms with van der Waals surface area (Å²) in [6.07, 6.45) is -3.68. The van der Waals surface area contributed by atoms with E-state index in [9.17, 15) is 17.7 Å². The fourth-order valence-corrected chi connectivity index (χ4v) is 3.65. The normalized spacial score (nSPS) is 13.6. The number of imidazole rings is 1. The number of fused-ring (bicyclic) bond motifs is 1. The molecule has 0 aliphatic carbocycles. The van der Waals surface area contributed by atoms with E-state index < -0.39 is 22.9 Å². The van der Waals surface area contributed by atoms with Crippen LogP contribution in [0.25, 0.3) is 22.6 Å². The molecule has 0 spiro atoms. The van der Waals surface area contributed by atoms with Gasteiger partial charge in [-0.05, 0) is 43.2 Å². The summed E-state index contributed by atoms with van der Waals surface area (Å²) in [6, 6.07) is 8.06. The Morgan fingerprint density at radius 3 is 2.52 bits per heavy atom. The van der Waals surface area contributed by atoms with E-state index in [0.29, 0.717) is 21.9 Å². The summed E-state index contributed by atoms with van der Waals surface area (Å²) in [5.74, 6) is 0.437. The van der Waals surface area contributed by atoms with Gasteiger partial charge in [0.25, 0.3) is 0 Å². The molecule has 3 aromatic rings. The Balaban J connectivity index is 2.19. The lowest BCUT2D eigenvalue weighted by atomic mass is 10.2. The maximum Gasteiger partial charge on any atom is 0.417 e. The first-order chi connectivity index (χ1) is 11.7. The smallest absolute Gasteiger partial charge is 0.417 e. The van der Waals surface area contributed by atoms with Crippen molar-refractivity contribution in [1.29, 1.82) is 0 Å². The van der Waals surface area contributed by atoms with Gasteiger partial charge in [0.2, 0.25) is 0 Å². The lowest BCUT2D eigenvalue weighted by Gasteiger charge is -2.16. The average Bonchev–Trinajstić information content (AvgIpc) is 2.89. The number of aromatic nitrogens is 3. The summed E-state index contributed by atoms with van der Waals surface area (Å²) in [5, 5.41) is -0.0919. The van der Waals surface area contributed by atoms with Crippen LogP contribution in [0.2, 0.25) is 0 Å². The summed E-state index contributed by atoms with van der Waals surface area (Å²) in [7, 11) is 1.68. The highest BCUT2D eigenvalue weighted by Crippen LogP contribution is 2.33. The third-order valence-corrected chi connectivity index (χ3v) is 5.45. The van der Waals surface area contributed by atoms with Crippen molar-refractivity contribution in [3.8, 4) is 11.4 Å². The Labute approximate surface area is 145 Å². The first kappa shape index (κ1) is 17.8. The number of hydrogen-bond acceptors (Lipinski definition) is 3. The second kappa shape index (κ2) is 6.34. The van der Waals surface area contributed by atoms with Crippen molar-refractivity contribution in [2.24, 2.45) is 7.05 Å². The zero-order chi connectivity index (χ0) is 18.4. The maximum absolute atomic E-state index is 12.9. The van der Waals surface area contributed by atoms with E-state index in [1.807, 2.05) is 13.8 Å². The number of rotatable bonds is 3. The van der Waals surface area contributed by atoms with E-state index in [4.69, 9.17) is 0 Å². The Hall–Kier alpha value is -2.06. The van der Waals surface area contributed by atoms with Crippen molar-refractivity contribution in [1.82, 2.24) is 14.5 Å². The largest absolute Gasteiger partial charge is 0.611 e. The van der Waals surface area contributed by atoms with Crippen molar-refractivity contribution in [3.05, 3.63) is 42.1 Å². The predicted octanol–water partition coefficient (Wildman–Crippen LogP) is 4.17. The molecule has 132 valence electrons. The number of hydrogen-bond donors (Lipinski definition) is 0. The van der Waals surface area contributed by atoms with Crippen LogP contribution in [0.4, 0.5) is 13.2 Å². The Bertz CT molecular complexity index is 921. The molecule has 2 aromatic heterocycles. The van der Waals surface area contributed by atoms with Gasteiger partial charge in [-0.3, -0.25) is 0 Å². The van der Waals surface area contributed by atoms with Crippen LogP contribution in [-0.4, -0.2) is 24.3 Å². The van der Waals surface area contributed by atoms with Crippen molar-refractivity contribution < 1.29 is 17.7 Å². The monoisotopic (exact) mass is 367 g/mol. The van der Waals surface area contributed by atoms with Gasteiger partial charge in [0.1, 0.15) is 16.6 Å². The van der Waals surface area contributed by atoms with E-state index in [2.05, 4.69) is 9.97 Å². The first-order valence-corrected chi connectivity index (χ1v) is 8.81. The van der Waals surface area contributed by atoms with E-state index in [-0.39, 0.29) is 10.8 Å². The molecule has 0 aliphatic rings. The van der Waals surface area contributed by atoms with Gasteiger partial charge in [0.15, 0.2) is 10.5 Å². The van der Waals surface area contributed by atoms with Gasteiger partial charge < -0.3 is 9.12 Å². The van der Waals surface area contributed by atoms with Crippen molar-refractivity contribution in [2.45, 2.75) is 30.2 Å². The number of aryl methyl sites for hydroxylation is 1. The summed E-state index contributed by atoms with van der Waals surface area (Å²) < 4.78 is 52.8. The number of pyridine rings is 1. The molecule has 1 atom stereocenters. The third-order valence-electron chi connectivity index (χ3n) is 3.81. The molecule has 0 N–H and O–H groups in total. The van der Waals surface area contributed by atoms with Crippen molar-refractivity contribution >= 4 is 22.3 Å². The molecule has 8 heteroatoms. The standard InChI is InChI=1S/C17H16F3N3OS/c1-10(2)25(24)14-7-5-4-6-12(14)15-22-13-8-11(17(18,19)20)9-21-16(13)23(15)3/h4-10H,1-3H3. The quantitative estimate of drug-likeness (QED) is 0.653. The second-order valence-corrected chi connectivity index (χ2v) is 7.88. The van der Waals surface area contributed by atoms with E-state index in [1.165, 1.54) is 0 Å². The molecule has 1 unspecified atom stereocenters. The third kappa shape index (κ3) is 3.23. The van der Waals surface area contributed by atoms with Gasteiger partial charge >= 0.3 is 6.18 Å². The number of alkyl halides is 3. The molecule has 0 saturated heterocycles. The molecular formula is C17H16F3N3OS. The Morgan fingerprint density at radius 2 is 1.88 bits per heavy atom. The maximum atomic E-state index is 12.9. The van der Waals surface area contributed by atoms with Crippen LogP contribution in [0.3, 0.4) is 0 Å². The Kier molecular flexibility index (Phi) is 4.51. The average molecular weight is 367 g/mol. The summed E-state index contributed by atoms with van der Waals surface area (Å²) >= 11 is -1.25. The molecule has 4 nitrogen and oxygen atoms in total. The van der Waals surface area contributed by atoms with Gasteiger partial charge in [0, 0.05) is 13.2 Å². The molecule has 2 heterocycles. The SMILES string of the molecule is CC(C)[S+]([O-])c1ccccc1-c1nc2cc(C(F)(F)F)cnc2n1C. The minimum Gasteiger partial charge on any atom is -0.611 e. The molecule has 0 fully saturated rings. The lowest BCUT2D eigenvalue weighted by Crippen LogP contribution is -2.15. The molecule has 0 saturated carbocycles. The van der Waals surface area contributed by atoms with E-state index in [1.54, 1.807) is 35.9 Å². The Morgan fingerprint density at radius 1 is 1.20 bits per heavy atom. The molecule has 0 bridgehead atoms. The van der Waals surface area contributed by atoms with Crippen LogP contribution in [0.5, 0.6) is 0 Å². The molecule has 0 aliphatic heterocycles. The molecule has 3 rings (SSSR count). The number of nitrogens with zero attached hydrogens (tertiary/aromatic N) is 3. The summed E-state index contributed by atoms with van der Waals surface area (Å²) in [6.45, 7) is 3.69. The molecule has 25 heavy (non-hydrogen) atoms. The minimum atomic E-state index is -4.48. The van der Waals surface area contributed by atoms with E-state index >= 15 is 0 Å². The second-order valence-electron chi connectivity index (χ2n) is 5.90. The predicted molar refractivity (Wildman–Crippen MR) is 90.5 cm³/mol. The highest BCUT2D eigenvalue weighted by Gasteiger charge is 2.32. The minimum absolute atomic E-state index is 0.0919. The highest BCUT2D eigenvalue weighted by atomic mass is 32.2. The van der Waals surface area contributed by atoms with E-state index in [0.717, 1.165) is 12.3 Å². The van der Waals surface area contributed by atoms with Crippen LogP contribution in [0.15, 0.2) is 41.4 Å². The zero-order valence-electron chi connectivity index (χ0n) is 13.8. The number of halogens is 3. The van der Waals surface area contributed by atoms with Crippen molar-refractivity contribution in [2.75, 3.05) is 0 Å². The molecule has 0 amide bonds. The molecule has 0 radical (unpaired) electrons. The van der Waals surface area contributed by atoms with Crippen LogP contribution in [0, 0.1) is 0 Å². The zero-order valence-corrected chi connectivity index (χ0v) is 14.6. The van der Waals surface area contributed by atoms with Crippen LogP contribution in [0.1, 0.15) is 19.4 Å². The fourth-order valence-electron chi connectivity index (χ4n) is 2.55. The van der Waals surface area contributed by atoms with Gasteiger partial charge in [0.05, 0.1) is 11.1 Å². The van der Waals surface area contributed by atoms with Crippen LogP contribution in [-0.2, 0) is 24.4 Å². The molecular weight excluding hydrogens is 351 g/mol. The first-order valence-electron chi connectivity index (χ1n) is 7.59. The number of benzene rings is 1.